The quantitative estimate of drug-likeness (QED) is 0.528. The fraction of sp³-hybridized carbons (Fsp3) is 0.360. The van der Waals surface area contributed by atoms with Gasteiger partial charge < -0.3 is 25.2 Å². The number of rotatable bonds is 6. The molecular weight excluding hydrogens is 446 g/mol. The number of anilines is 3. The molecule has 2 aliphatic heterocycles. The molecule has 2 aliphatic rings. The van der Waals surface area contributed by atoms with E-state index in [4.69, 9.17) is 9.84 Å². The molecule has 182 valence electrons. The highest BCUT2D eigenvalue weighted by molar-refractivity contribution is 5.99. The molecule has 2 fully saturated rings. The van der Waals surface area contributed by atoms with Gasteiger partial charge in [0, 0.05) is 61.9 Å². The third-order valence-electron chi connectivity index (χ3n) is 6.34. The lowest BCUT2D eigenvalue weighted by Gasteiger charge is -2.34. The van der Waals surface area contributed by atoms with Gasteiger partial charge in [-0.25, -0.2) is 9.50 Å². The minimum atomic E-state index is -0.284. The Balaban J connectivity index is 1.27. The first-order chi connectivity index (χ1) is 17.1. The molecule has 0 bridgehead atoms. The maximum absolute atomic E-state index is 13.1. The Hall–Kier alpha value is -3.92. The van der Waals surface area contributed by atoms with Crippen LogP contribution in [0.4, 0.5) is 17.2 Å². The number of benzene rings is 1. The van der Waals surface area contributed by atoms with Crippen molar-refractivity contribution in [3.05, 3.63) is 60.9 Å². The third kappa shape index (κ3) is 5.12. The van der Waals surface area contributed by atoms with Crippen molar-refractivity contribution in [1.29, 1.82) is 0 Å². The average Bonchev–Trinajstić information content (AvgIpc) is 3.37. The predicted molar refractivity (Wildman–Crippen MR) is 134 cm³/mol. The summed E-state index contributed by atoms with van der Waals surface area (Å²) in [4.78, 5) is 33.2. The topological polar surface area (TPSA) is 104 Å². The number of morpholine rings is 1. The van der Waals surface area contributed by atoms with Crippen LogP contribution in [0.15, 0.2) is 55.4 Å². The summed E-state index contributed by atoms with van der Waals surface area (Å²) < 4.78 is 7.30. The van der Waals surface area contributed by atoms with Gasteiger partial charge in [0.15, 0.2) is 5.65 Å². The molecule has 0 saturated carbocycles. The summed E-state index contributed by atoms with van der Waals surface area (Å²) in [6, 6.07) is 9.06. The van der Waals surface area contributed by atoms with E-state index in [0.29, 0.717) is 37.6 Å². The number of nitrogens with one attached hydrogen (secondary N) is 2. The summed E-state index contributed by atoms with van der Waals surface area (Å²) >= 11 is 0. The maximum atomic E-state index is 13.1. The Bertz CT molecular complexity index is 1220. The molecule has 2 aromatic heterocycles. The lowest BCUT2D eigenvalue weighted by molar-refractivity contribution is -0.111. The number of ether oxygens (including phenoxy) is 1. The lowest BCUT2D eigenvalue weighted by Crippen LogP contribution is -2.45. The maximum Gasteiger partial charge on any atom is 0.253 e. The second-order valence-corrected chi connectivity index (χ2v) is 8.72. The van der Waals surface area contributed by atoms with Crippen LogP contribution in [0.25, 0.3) is 5.65 Å². The molecule has 0 spiro atoms. The van der Waals surface area contributed by atoms with E-state index in [1.807, 2.05) is 17.2 Å². The van der Waals surface area contributed by atoms with Crippen LogP contribution in [-0.4, -0.2) is 76.7 Å². The van der Waals surface area contributed by atoms with Gasteiger partial charge in [0.25, 0.3) is 5.91 Å². The van der Waals surface area contributed by atoms with Crippen molar-refractivity contribution in [2.45, 2.75) is 18.9 Å². The highest BCUT2D eigenvalue weighted by Crippen LogP contribution is 2.25. The number of likely N-dealkylation sites (tertiary alicyclic amines) is 1. The highest BCUT2D eigenvalue weighted by Gasteiger charge is 2.25. The van der Waals surface area contributed by atoms with E-state index in [1.165, 1.54) is 6.08 Å². The first kappa shape index (κ1) is 22.9. The lowest BCUT2D eigenvalue weighted by atomic mass is 10.0. The molecule has 0 unspecified atom stereocenters. The van der Waals surface area contributed by atoms with Crippen molar-refractivity contribution in [2.24, 2.45) is 0 Å². The molecule has 2 N–H and O–H groups in total. The van der Waals surface area contributed by atoms with Crippen LogP contribution in [0.2, 0.25) is 0 Å². The standard InChI is InChI=1S/C25H29N7O3/c1-2-23(33)28-19-7-5-18(6-8-19)25(34)31-10-3-4-20(17-31)27-22-16-21(30-12-14-35-15-13-30)24-26-9-11-32(24)29-22/h2,5-9,11,16,20H,1,3-4,10,12-15,17H2,(H,27,29)(H,28,33)/t20-/m1/s1. The molecule has 1 atom stereocenters. The molecule has 1 aromatic carbocycles. The SMILES string of the molecule is C=CC(=O)Nc1ccc(C(=O)N2CCC[C@@H](Nc3cc(N4CCOCC4)c4nccn4n3)C2)cc1. The number of hydrogen-bond donors (Lipinski definition) is 2. The fourth-order valence-electron chi connectivity index (χ4n) is 4.57. The van der Waals surface area contributed by atoms with Crippen LogP contribution < -0.4 is 15.5 Å². The first-order valence-corrected chi connectivity index (χ1v) is 11.9. The predicted octanol–water partition coefficient (Wildman–Crippen LogP) is 2.41. The highest BCUT2D eigenvalue weighted by atomic mass is 16.5. The van der Waals surface area contributed by atoms with Gasteiger partial charge in [-0.3, -0.25) is 9.59 Å². The van der Waals surface area contributed by atoms with Gasteiger partial charge in [0.2, 0.25) is 5.91 Å². The number of hydrogen-bond acceptors (Lipinski definition) is 7. The molecule has 0 radical (unpaired) electrons. The first-order valence-electron chi connectivity index (χ1n) is 11.9. The second kappa shape index (κ2) is 10.1. The summed E-state index contributed by atoms with van der Waals surface area (Å²) in [5, 5.41) is 10.9. The van der Waals surface area contributed by atoms with E-state index >= 15 is 0 Å². The number of nitrogens with zero attached hydrogens (tertiary/aromatic N) is 5. The Kier molecular flexibility index (Phi) is 6.62. The second-order valence-electron chi connectivity index (χ2n) is 8.72. The van der Waals surface area contributed by atoms with E-state index in [9.17, 15) is 9.59 Å². The van der Waals surface area contributed by atoms with Crippen LogP contribution in [0.1, 0.15) is 23.2 Å². The smallest absolute Gasteiger partial charge is 0.253 e. The number of aromatic nitrogens is 3. The van der Waals surface area contributed by atoms with Crippen molar-refractivity contribution in [3.8, 4) is 0 Å². The number of carbonyl (C=O) groups excluding carboxylic acids is 2. The van der Waals surface area contributed by atoms with Crippen molar-refractivity contribution < 1.29 is 14.3 Å². The Morgan fingerprint density at radius 2 is 1.94 bits per heavy atom. The van der Waals surface area contributed by atoms with Crippen molar-refractivity contribution >= 4 is 34.7 Å². The zero-order valence-corrected chi connectivity index (χ0v) is 19.5. The van der Waals surface area contributed by atoms with Gasteiger partial charge in [-0.1, -0.05) is 6.58 Å². The van der Waals surface area contributed by atoms with E-state index in [0.717, 1.165) is 43.1 Å². The van der Waals surface area contributed by atoms with Gasteiger partial charge in [-0.05, 0) is 43.2 Å². The van der Waals surface area contributed by atoms with E-state index in [2.05, 4.69) is 27.1 Å². The Morgan fingerprint density at radius 1 is 1.14 bits per heavy atom. The summed E-state index contributed by atoms with van der Waals surface area (Å²) in [7, 11) is 0. The number of carbonyl (C=O) groups is 2. The molecule has 0 aliphatic carbocycles. The summed E-state index contributed by atoms with van der Waals surface area (Å²) in [6.07, 6.45) is 6.67. The molecule has 10 nitrogen and oxygen atoms in total. The Labute approximate surface area is 203 Å². The molecule has 2 saturated heterocycles. The average molecular weight is 476 g/mol. The van der Waals surface area contributed by atoms with Crippen molar-refractivity contribution in [3.63, 3.8) is 0 Å². The molecule has 35 heavy (non-hydrogen) atoms. The van der Waals surface area contributed by atoms with Crippen molar-refractivity contribution in [2.75, 3.05) is 54.9 Å². The minimum absolute atomic E-state index is 0.0230. The van der Waals surface area contributed by atoms with E-state index in [-0.39, 0.29) is 17.9 Å². The van der Waals surface area contributed by atoms with Crippen LogP contribution >= 0.6 is 0 Å². The van der Waals surface area contributed by atoms with Gasteiger partial charge in [-0.2, -0.15) is 0 Å². The molecule has 2 amide bonds. The summed E-state index contributed by atoms with van der Waals surface area (Å²) in [6.45, 7) is 7.76. The van der Waals surface area contributed by atoms with Crippen molar-refractivity contribution in [1.82, 2.24) is 19.5 Å². The largest absolute Gasteiger partial charge is 0.378 e. The van der Waals surface area contributed by atoms with Crippen LogP contribution in [0.3, 0.4) is 0 Å². The van der Waals surface area contributed by atoms with Crippen LogP contribution in [0.5, 0.6) is 0 Å². The summed E-state index contributed by atoms with van der Waals surface area (Å²) in [5.41, 5.74) is 3.07. The van der Waals surface area contributed by atoms with Crippen LogP contribution in [-0.2, 0) is 9.53 Å². The van der Waals surface area contributed by atoms with Gasteiger partial charge in [0.1, 0.15) is 5.82 Å². The summed E-state index contributed by atoms with van der Waals surface area (Å²) in [5.74, 6) is 0.456. The van der Waals surface area contributed by atoms with Gasteiger partial charge >= 0.3 is 0 Å². The number of piperidine rings is 1. The fourth-order valence-corrected chi connectivity index (χ4v) is 4.57. The molecule has 3 aromatic rings. The normalized spacial score (nSPS) is 18.3. The zero-order chi connectivity index (χ0) is 24.2. The number of imidazole rings is 1. The molecule has 10 heteroatoms. The monoisotopic (exact) mass is 475 g/mol. The van der Waals surface area contributed by atoms with Crippen LogP contribution in [0, 0.1) is 0 Å². The number of amides is 2. The van der Waals surface area contributed by atoms with E-state index < -0.39 is 0 Å². The molecular formula is C25H29N7O3. The zero-order valence-electron chi connectivity index (χ0n) is 19.5. The molecule has 5 rings (SSSR count). The minimum Gasteiger partial charge on any atom is -0.378 e. The Morgan fingerprint density at radius 3 is 2.71 bits per heavy atom. The van der Waals surface area contributed by atoms with E-state index in [1.54, 1.807) is 35.0 Å². The molecule has 4 heterocycles. The number of fused-ring (bicyclic) bond motifs is 1. The van der Waals surface area contributed by atoms with Gasteiger partial charge in [0.05, 0.1) is 18.9 Å². The third-order valence-corrected chi connectivity index (χ3v) is 6.34. The van der Waals surface area contributed by atoms with Gasteiger partial charge in [-0.15, -0.1) is 5.10 Å².